The molecule has 9 nitrogen and oxygen atoms in total. The van der Waals surface area contributed by atoms with E-state index < -0.39 is 18.9 Å². The lowest BCUT2D eigenvalue weighted by Crippen LogP contribution is -2.13. The summed E-state index contributed by atoms with van der Waals surface area (Å²) in [5.41, 5.74) is 2.35. The topological polar surface area (TPSA) is 104 Å². The van der Waals surface area contributed by atoms with Crippen LogP contribution in [0.4, 0.5) is 14.5 Å². The first-order valence-corrected chi connectivity index (χ1v) is 8.87. The number of carbonyl (C=O) groups is 1. The van der Waals surface area contributed by atoms with Crippen LogP contribution in [0.5, 0.6) is 0 Å². The highest BCUT2D eigenvalue weighted by Crippen LogP contribution is 2.27. The number of alkyl halides is 2. The highest BCUT2D eigenvalue weighted by atomic mass is 19.3. The zero-order chi connectivity index (χ0) is 20.5. The van der Waals surface area contributed by atoms with Crippen molar-refractivity contribution in [3.05, 3.63) is 42.0 Å². The molecule has 1 N–H and O–H groups in total. The number of pyridine rings is 1. The fraction of sp³-hybridized carbons (Fsp3) is 0.278. The van der Waals surface area contributed by atoms with Gasteiger partial charge in [-0.05, 0) is 26.0 Å². The van der Waals surface area contributed by atoms with E-state index in [1.54, 1.807) is 23.7 Å². The van der Waals surface area contributed by atoms with Gasteiger partial charge in [0.05, 0.1) is 34.2 Å². The van der Waals surface area contributed by atoms with Crippen LogP contribution >= 0.6 is 0 Å². The average molecular weight is 401 g/mol. The fourth-order valence-corrected chi connectivity index (χ4v) is 2.95. The van der Waals surface area contributed by atoms with Gasteiger partial charge in [-0.25, -0.2) is 13.8 Å². The average Bonchev–Trinajstić information content (AvgIpc) is 3.41. The second-order valence-electron chi connectivity index (χ2n) is 6.36. The second kappa shape index (κ2) is 7.41. The molecule has 0 saturated carbocycles. The van der Waals surface area contributed by atoms with Crippen LogP contribution < -0.4 is 5.32 Å². The van der Waals surface area contributed by atoms with Gasteiger partial charge in [-0.3, -0.25) is 14.2 Å². The molecule has 0 atom stereocenters. The lowest BCUT2D eigenvalue weighted by molar-refractivity contribution is 0.102. The normalized spacial score (nSPS) is 11.5. The van der Waals surface area contributed by atoms with Crippen LogP contribution in [-0.4, -0.2) is 42.0 Å². The zero-order valence-electron chi connectivity index (χ0n) is 15.6. The molecule has 0 radical (unpaired) electrons. The van der Waals surface area contributed by atoms with Crippen molar-refractivity contribution in [3.63, 3.8) is 0 Å². The predicted octanol–water partition coefficient (Wildman–Crippen LogP) is 3.13. The minimum atomic E-state index is -2.54. The Morgan fingerprint density at radius 3 is 2.86 bits per heavy atom. The van der Waals surface area contributed by atoms with Crippen LogP contribution in [0, 0.1) is 6.92 Å². The molecule has 1 amide bonds. The van der Waals surface area contributed by atoms with E-state index in [4.69, 9.17) is 4.52 Å². The van der Waals surface area contributed by atoms with E-state index in [2.05, 4.69) is 25.7 Å². The number of aryl methyl sites for hydroxylation is 2. The Balaban J connectivity index is 1.70. The van der Waals surface area contributed by atoms with Crippen molar-refractivity contribution in [1.29, 1.82) is 0 Å². The maximum Gasteiger partial charge on any atom is 0.259 e. The van der Waals surface area contributed by atoms with Crippen LogP contribution in [0.3, 0.4) is 0 Å². The Morgan fingerprint density at radius 1 is 1.31 bits per heavy atom. The summed E-state index contributed by atoms with van der Waals surface area (Å²) in [5, 5.41) is 15.3. The van der Waals surface area contributed by atoms with E-state index in [-0.39, 0.29) is 11.3 Å². The molecule has 0 bridgehead atoms. The van der Waals surface area contributed by atoms with E-state index in [1.807, 2.05) is 13.1 Å². The van der Waals surface area contributed by atoms with E-state index in [0.717, 1.165) is 4.68 Å². The van der Waals surface area contributed by atoms with E-state index in [9.17, 15) is 13.6 Å². The molecule has 29 heavy (non-hydrogen) atoms. The Bertz CT molecular complexity index is 1180. The summed E-state index contributed by atoms with van der Waals surface area (Å²) in [6.07, 6.45) is 1.92. The Morgan fingerprint density at radius 2 is 2.14 bits per heavy atom. The van der Waals surface area contributed by atoms with Crippen LogP contribution in [0.2, 0.25) is 0 Å². The second-order valence-corrected chi connectivity index (χ2v) is 6.36. The third kappa shape index (κ3) is 3.71. The monoisotopic (exact) mass is 401 g/mol. The van der Waals surface area contributed by atoms with Gasteiger partial charge in [0.1, 0.15) is 12.2 Å². The maximum atomic E-state index is 12.9. The highest BCUT2D eigenvalue weighted by Gasteiger charge is 2.21. The lowest BCUT2D eigenvalue weighted by atomic mass is 10.1. The van der Waals surface area contributed by atoms with Gasteiger partial charge in [0.2, 0.25) is 0 Å². The molecule has 0 unspecified atom stereocenters. The number of fused-ring (bicyclic) bond motifs is 1. The largest absolute Gasteiger partial charge is 0.335 e. The van der Waals surface area contributed by atoms with Crippen LogP contribution in [0.15, 0.2) is 35.2 Å². The summed E-state index contributed by atoms with van der Waals surface area (Å²) in [6.45, 7) is 3.81. The summed E-state index contributed by atoms with van der Waals surface area (Å²) in [4.78, 5) is 17.4. The van der Waals surface area contributed by atoms with Crippen molar-refractivity contribution >= 4 is 22.7 Å². The quantitative estimate of drug-likeness (QED) is 0.532. The van der Waals surface area contributed by atoms with Crippen molar-refractivity contribution in [3.8, 4) is 11.4 Å². The van der Waals surface area contributed by atoms with Crippen molar-refractivity contribution in [2.45, 2.75) is 33.4 Å². The number of rotatable bonds is 6. The van der Waals surface area contributed by atoms with Gasteiger partial charge in [0.15, 0.2) is 0 Å². The summed E-state index contributed by atoms with van der Waals surface area (Å²) in [5.74, 6) is -0.462. The SMILES string of the molecule is CCn1ccc(-c2cc(C(=O)Nc3cnn(CC(F)F)c3)c3c(C)noc3n2)n1. The molecule has 0 spiro atoms. The number of hydrogen-bond acceptors (Lipinski definition) is 6. The molecular weight excluding hydrogens is 384 g/mol. The molecule has 0 aliphatic rings. The number of nitrogens with one attached hydrogen (secondary N) is 1. The molecule has 11 heteroatoms. The summed E-state index contributed by atoms with van der Waals surface area (Å²) in [7, 11) is 0. The molecule has 0 aliphatic heterocycles. The van der Waals surface area contributed by atoms with Gasteiger partial charge in [-0.15, -0.1) is 0 Å². The molecule has 4 rings (SSSR count). The smallest absolute Gasteiger partial charge is 0.259 e. The third-order valence-corrected chi connectivity index (χ3v) is 4.31. The number of hydrogen-bond donors (Lipinski definition) is 1. The third-order valence-electron chi connectivity index (χ3n) is 4.31. The number of amides is 1. The Labute approximate surface area is 163 Å². The van der Waals surface area contributed by atoms with E-state index in [1.165, 1.54) is 12.4 Å². The Hall–Kier alpha value is -3.63. The van der Waals surface area contributed by atoms with Crippen molar-refractivity contribution < 1.29 is 18.1 Å². The summed E-state index contributed by atoms with van der Waals surface area (Å²) in [6, 6.07) is 3.39. The number of carbonyl (C=O) groups excluding carboxylic acids is 1. The number of anilines is 1. The minimum Gasteiger partial charge on any atom is -0.335 e. The lowest BCUT2D eigenvalue weighted by Gasteiger charge is -2.06. The van der Waals surface area contributed by atoms with Gasteiger partial charge < -0.3 is 9.84 Å². The molecule has 4 heterocycles. The number of aromatic nitrogens is 6. The number of nitrogens with zero attached hydrogens (tertiary/aromatic N) is 6. The van der Waals surface area contributed by atoms with Crippen molar-refractivity contribution in [2.75, 3.05) is 5.32 Å². The maximum absolute atomic E-state index is 12.9. The van der Waals surface area contributed by atoms with Gasteiger partial charge in [0, 0.05) is 18.9 Å². The molecular formula is C18H17F2N7O2. The van der Waals surface area contributed by atoms with Crippen molar-refractivity contribution in [2.24, 2.45) is 0 Å². The summed E-state index contributed by atoms with van der Waals surface area (Å²) >= 11 is 0. The first-order valence-electron chi connectivity index (χ1n) is 8.87. The van der Waals surface area contributed by atoms with Crippen LogP contribution in [-0.2, 0) is 13.1 Å². The number of halogens is 2. The molecule has 4 aromatic heterocycles. The first kappa shape index (κ1) is 18.7. The molecule has 0 saturated heterocycles. The van der Waals surface area contributed by atoms with Gasteiger partial charge in [0.25, 0.3) is 18.0 Å². The zero-order valence-corrected chi connectivity index (χ0v) is 15.6. The van der Waals surface area contributed by atoms with Gasteiger partial charge in [-0.1, -0.05) is 5.16 Å². The van der Waals surface area contributed by atoms with Crippen molar-refractivity contribution in [1.82, 2.24) is 29.7 Å². The molecule has 4 aromatic rings. The van der Waals surface area contributed by atoms with Crippen LogP contribution in [0.25, 0.3) is 22.5 Å². The predicted molar refractivity (Wildman–Crippen MR) is 99.6 cm³/mol. The van der Waals surface area contributed by atoms with Gasteiger partial charge >= 0.3 is 0 Å². The standard InChI is InChI=1S/C18H17F2N7O2/c1-3-26-5-4-13(24-26)14-6-12(16-10(2)25-29-18(16)23-14)17(28)22-11-7-21-27(8-11)9-15(19)20/h4-8,15H,3,9H2,1-2H3,(H,22,28). The van der Waals surface area contributed by atoms with Crippen LogP contribution in [0.1, 0.15) is 23.0 Å². The summed E-state index contributed by atoms with van der Waals surface area (Å²) < 4.78 is 33.0. The van der Waals surface area contributed by atoms with E-state index in [0.29, 0.717) is 34.7 Å². The fourth-order valence-electron chi connectivity index (χ4n) is 2.95. The molecule has 150 valence electrons. The Kier molecular flexibility index (Phi) is 4.79. The molecule has 0 fully saturated rings. The molecule has 0 aliphatic carbocycles. The molecule has 0 aromatic carbocycles. The highest BCUT2D eigenvalue weighted by molar-refractivity contribution is 6.12. The minimum absolute atomic E-state index is 0.213. The van der Waals surface area contributed by atoms with Gasteiger partial charge in [-0.2, -0.15) is 10.2 Å². The van der Waals surface area contributed by atoms with E-state index >= 15 is 0 Å². The first-order chi connectivity index (χ1) is 13.9.